The van der Waals surface area contributed by atoms with Gasteiger partial charge in [0, 0.05) is 34.1 Å². The van der Waals surface area contributed by atoms with E-state index in [2.05, 4.69) is 15.2 Å². The van der Waals surface area contributed by atoms with Crippen molar-refractivity contribution < 1.29 is 13.2 Å². The number of aromatic nitrogens is 5. The van der Waals surface area contributed by atoms with Crippen LogP contribution < -0.4 is 5.69 Å². The average Bonchev–Trinajstić information content (AvgIpc) is 3.14. The van der Waals surface area contributed by atoms with E-state index in [-0.39, 0.29) is 6.54 Å². The molecule has 0 radical (unpaired) electrons. The molecule has 0 fully saturated rings. The van der Waals surface area contributed by atoms with Crippen molar-refractivity contribution in [1.29, 1.82) is 0 Å². The molecule has 5 rings (SSSR count). The van der Waals surface area contributed by atoms with Crippen molar-refractivity contribution in [2.45, 2.75) is 12.7 Å². The summed E-state index contributed by atoms with van der Waals surface area (Å²) in [6.45, 7) is -0.0108. The van der Waals surface area contributed by atoms with E-state index >= 15 is 0 Å². The van der Waals surface area contributed by atoms with Crippen LogP contribution in [0.3, 0.4) is 0 Å². The van der Waals surface area contributed by atoms with Gasteiger partial charge in [0.1, 0.15) is 0 Å². The molecule has 3 heterocycles. The van der Waals surface area contributed by atoms with Crippen molar-refractivity contribution >= 4 is 17.2 Å². The first kappa shape index (κ1) is 21.8. The standard InChI is InChI=1S/C24H15ClF3N5O/c25-19-9-5-16(6-10-19)20-13-30-33-22(21(20)17-2-1-11-29-12-17)31-32(23(33)34)14-15-3-7-18(8-4-15)24(26,27)28/h1-13H,14H2. The normalized spacial score (nSPS) is 11.8. The van der Waals surface area contributed by atoms with Gasteiger partial charge in [-0.25, -0.2) is 9.48 Å². The number of hydrogen-bond acceptors (Lipinski definition) is 4. The van der Waals surface area contributed by atoms with Crippen LogP contribution in [-0.2, 0) is 12.7 Å². The van der Waals surface area contributed by atoms with Crippen molar-refractivity contribution in [3.8, 4) is 22.3 Å². The van der Waals surface area contributed by atoms with E-state index in [1.807, 2.05) is 18.2 Å². The summed E-state index contributed by atoms with van der Waals surface area (Å²) in [4.78, 5) is 17.2. The van der Waals surface area contributed by atoms with Crippen LogP contribution in [0, 0.1) is 0 Å². The smallest absolute Gasteiger partial charge is 0.264 e. The molecular formula is C24H15ClF3N5O. The van der Waals surface area contributed by atoms with Gasteiger partial charge < -0.3 is 0 Å². The third kappa shape index (κ3) is 4.06. The molecule has 170 valence electrons. The minimum atomic E-state index is -4.43. The number of fused-ring (bicyclic) bond motifs is 1. The Labute approximate surface area is 195 Å². The molecule has 6 nitrogen and oxygen atoms in total. The van der Waals surface area contributed by atoms with Crippen molar-refractivity contribution in [2.24, 2.45) is 0 Å². The second-order valence-corrected chi connectivity index (χ2v) is 7.99. The van der Waals surface area contributed by atoms with Crippen LogP contribution in [0.15, 0.2) is 84.0 Å². The number of pyridine rings is 1. The molecule has 34 heavy (non-hydrogen) atoms. The highest BCUT2D eigenvalue weighted by molar-refractivity contribution is 6.30. The summed E-state index contributed by atoms with van der Waals surface area (Å²) in [5.41, 5.74) is 2.46. The van der Waals surface area contributed by atoms with E-state index < -0.39 is 17.4 Å². The van der Waals surface area contributed by atoms with Gasteiger partial charge in [0.2, 0.25) is 0 Å². The largest absolute Gasteiger partial charge is 0.416 e. The van der Waals surface area contributed by atoms with E-state index in [1.54, 1.807) is 36.8 Å². The van der Waals surface area contributed by atoms with Crippen molar-refractivity contribution in [1.82, 2.24) is 24.4 Å². The van der Waals surface area contributed by atoms with Crippen molar-refractivity contribution in [2.75, 3.05) is 0 Å². The van der Waals surface area contributed by atoms with Crippen LogP contribution in [0.25, 0.3) is 27.9 Å². The highest BCUT2D eigenvalue weighted by Gasteiger charge is 2.30. The number of nitrogens with zero attached hydrogens (tertiary/aromatic N) is 5. The molecule has 0 bridgehead atoms. The van der Waals surface area contributed by atoms with Gasteiger partial charge in [0.25, 0.3) is 0 Å². The molecule has 0 atom stereocenters. The van der Waals surface area contributed by atoms with Gasteiger partial charge in [-0.15, -0.1) is 5.10 Å². The predicted molar refractivity (Wildman–Crippen MR) is 121 cm³/mol. The topological polar surface area (TPSA) is 65.1 Å². The molecule has 0 unspecified atom stereocenters. The maximum Gasteiger partial charge on any atom is 0.416 e. The maximum absolute atomic E-state index is 13.0. The highest BCUT2D eigenvalue weighted by Crippen LogP contribution is 2.34. The zero-order valence-electron chi connectivity index (χ0n) is 17.4. The van der Waals surface area contributed by atoms with Crippen LogP contribution in [-0.4, -0.2) is 24.4 Å². The number of benzene rings is 2. The van der Waals surface area contributed by atoms with E-state index in [0.29, 0.717) is 21.8 Å². The van der Waals surface area contributed by atoms with Crippen molar-refractivity contribution in [3.63, 3.8) is 0 Å². The summed E-state index contributed by atoms with van der Waals surface area (Å²) in [7, 11) is 0. The van der Waals surface area contributed by atoms with Crippen LogP contribution >= 0.6 is 11.6 Å². The Hall–Kier alpha value is -3.98. The first-order valence-corrected chi connectivity index (χ1v) is 10.5. The highest BCUT2D eigenvalue weighted by atomic mass is 35.5. The maximum atomic E-state index is 13.0. The molecule has 0 saturated carbocycles. The van der Waals surface area contributed by atoms with Crippen LogP contribution in [0.5, 0.6) is 0 Å². The van der Waals surface area contributed by atoms with Gasteiger partial charge >= 0.3 is 11.9 Å². The lowest BCUT2D eigenvalue weighted by Crippen LogP contribution is -2.23. The fourth-order valence-corrected chi connectivity index (χ4v) is 3.80. The molecular weight excluding hydrogens is 467 g/mol. The van der Waals surface area contributed by atoms with E-state index in [1.165, 1.54) is 21.3 Å². The molecule has 5 aromatic rings. The molecule has 0 N–H and O–H groups in total. The number of rotatable bonds is 4. The molecule has 0 aliphatic rings. The zero-order valence-corrected chi connectivity index (χ0v) is 18.1. The Bertz CT molecular complexity index is 1530. The summed E-state index contributed by atoms with van der Waals surface area (Å²) < 4.78 is 40.9. The van der Waals surface area contributed by atoms with Gasteiger partial charge in [-0.3, -0.25) is 4.98 Å². The summed E-state index contributed by atoms with van der Waals surface area (Å²) in [5, 5.41) is 9.36. The molecule has 10 heteroatoms. The minimum absolute atomic E-state index is 0.0108. The Balaban J connectivity index is 1.65. The Morgan fingerprint density at radius 3 is 2.29 bits per heavy atom. The SMILES string of the molecule is O=c1n(Cc2ccc(C(F)(F)F)cc2)nc2c(-c3cccnc3)c(-c3ccc(Cl)cc3)cnn12. The van der Waals surface area contributed by atoms with E-state index in [4.69, 9.17) is 11.6 Å². The van der Waals surface area contributed by atoms with Crippen LogP contribution in [0.4, 0.5) is 13.2 Å². The summed E-state index contributed by atoms with van der Waals surface area (Å²) in [6, 6.07) is 15.4. The van der Waals surface area contributed by atoms with Gasteiger partial charge in [-0.05, 0) is 41.5 Å². The summed E-state index contributed by atoms with van der Waals surface area (Å²) in [5.74, 6) is 0. The van der Waals surface area contributed by atoms with Crippen molar-refractivity contribution in [3.05, 3.63) is 106 Å². The van der Waals surface area contributed by atoms with Crippen LogP contribution in [0.1, 0.15) is 11.1 Å². The lowest BCUT2D eigenvalue weighted by Gasteiger charge is -2.10. The van der Waals surface area contributed by atoms with Crippen LogP contribution in [0.2, 0.25) is 5.02 Å². The first-order chi connectivity index (χ1) is 16.3. The molecule has 0 saturated heterocycles. The molecule has 0 aliphatic carbocycles. The second kappa shape index (κ2) is 8.42. The third-order valence-electron chi connectivity index (χ3n) is 5.33. The predicted octanol–water partition coefficient (Wildman–Crippen LogP) is 5.34. The fourth-order valence-electron chi connectivity index (χ4n) is 3.68. The minimum Gasteiger partial charge on any atom is -0.264 e. The Kier molecular flexibility index (Phi) is 5.41. The average molecular weight is 482 g/mol. The number of hydrogen-bond donors (Lipinski definition) is 0. The Morgan fingerprint density at radius 1 is 0.912 bits per heavy atom. The summed E-state index contributed by atoms with van der Waals surface area (Å²) in [6.07, 6.45) is 0.441. The lowest BCUT2D eigenvalue weighted by atomic mass is 9.98. The molecule has 3 aromatic heterocycles. The third-order valence-corrected chi connectivity index (χ3v) is 5.58. The molecule has 0 spiro atoms. The lowest BCUT2D eigenvalue weighted by molar-refractivity contribution is -0.137. The number of halogens is 4. The zero-order chi connectivity index (χ0) is 23.9. The van der Waals surface area contributed by atoms with Gasteiger partial charge in [0.05, 0.1) is 18.3 Å². The first-order valence-electron chi connectivity index (χ1n) is 10.1. The fraction of sp³-hybridized carbons (Fsp3) is 0.0833. The van der Waals surface area contributed by atoms with Gasteiger partial charge in [-0.2, -0.15) is 22.8 Å². The van der Waals surface area contributed by atoms with E-state index in [0.717, 1.165) is 28.8 Å². The number of alkyl halides is 3. The second-order valence-electron chi connectivity index (χ2n) is 7.55. The van der Waals surface area contributed by atoms with Gasteiger partial charge in [-0.1, -0.05) is 41.9 Å². The summed E-state index contributed by atoms with van der Waals surface area (Å²) >= 11 is 6.04. The monoisotopic (exact) mass is 481 g/mol. The molecule has 0 amide bonds. The van der Waals surface area contributed by atoms with E-state index in [9.17, 15) is 18.0 Å². The van der Waals surface area contributed by atoms with Gasteiger partial charge in [0.15, 0.2) is 5.65 Å². The Morgan fingerprint density at radius 2 is 1.65 bits per heavy atom. The molecule has 0 aliphatic heterocycles. The quantitative estimate of drug-likeness (QED) is 0.347. The molecule has 2 aromatic carbocycles.